The van der Waals surface area contributed by atoms with E-state index in [-0.39, 0.29) is 0 Å². The van der Waals surface area contributed by atoms with Crippen LogP contribution in [0.5, 0.6) is 0 Å². The number of halogens is 1. The van der Waals surface area contributed by atoms with Crippen molar-refractivity contribution in [2.45, 2.75) is 24.8 Å². The SMILES string of the molecule is NC(=O)C1(N)CCc2cc(Br)ccc2C1. The summed E-state index contributed by atoms with van der Waals surface area (Å²) in [4.78, 5) is 11.2. The molecule has 0 heterocycles. The van der Waals surface area contributed by atoms with Crippen molar-refractivity contribution in [3.05, 3.63) is 33.8 Å². The molecule has 1 aromatic rings. The van der Waals surface area contributed by atoms with E-state index in [0.29, 0.717) is 12.8 Å². The number of carbonyl (C=O) groups excluding carboxylic acids is 1. The lowest BCUT2D eigenvalue weighted by Crippen LogP contribution is -2.55. The summed E-state index contributed by atoms with van der Waals surface area (Å²) in [5, 5.41) is 0. The molecule has 4 heteroatoms. The van der Waals surface area contributed by atoms with Gasteiger partial charge in [0.15, 0.2) is 0 Å². The molecule has 0 saturated heterocycles. The first-order valence-electron chi connectivity index (χ1n) is 4.87. The van der Waals surface area contributed by atoms with Gasteiger partial charge in [-0.3, -0.25) is 4.79 Å². The minimum absolute atomic E-state index is 0.406. The van der Waals surface area contributed by atoms with Gasteiger partial charge in [-0.1, -0.05) is 22.0 Å². The molecule has 0 spiro atoms. The molecule has 0 radical (unpaired) electrons. The van der Waals surface area contributed by atoms with E-state index in [1.54, 1.807) is 0 Å². The van der Waals surface area contributed by atoms with Crippen molar-refractivity contribution in [1.29, 1.82) is 0 Å². The van der Waals surface area contributed by atoms with Crippen LogP contribution < -0.4 is 11.5 Å². The Morgan fingerprint density at radius 1 is 1.40 bits per heavy atom. The highest BCUT2D eigenvalue weighted by Gasteiger charge is 2.35. The first-order valence-corrected chi connectivity index (χ1v) is 5.67. The number of carbonyl (C=O) groups is 1. The van der Waals surface area contributed by atoms with Gasteiger partial charge in [0.25, 0.3) is 0 Å². The van der Waals surface area contributed by atoms with E-state index in [9.17, 15) is 4.79 Å². The molecule has 1 aliphatic rings. The first-order chi connectivity index (χ1) is 7.01. The van der Waals surface area contributed by atoms with E-state index in [1.165, 1.54) is 5.56 Å². The van der Waals surface area contributed by atoms with Crippen molar-refractivity contribution in [3.63, 3.8) is 0 Å². The molecule has 0 aromatic heterocycles. The van der Waals surface area contributed by atoms with Crippen molar-refractivity contribution < 1.29 is 4.79 Å². The van der Waals surface area contributed by atoms with Crippen molar-refractivity contribution in [1.82, 2.24) is 0 Å². The van der Waals surface area contributed by atoms with Crippen molar-refractivity contribution in [3.8, 4) is 0 Å². The number of amides is 1. The zero-order valence-electron chi connectivity index (χ0n) is 8.29. The minimum Gasteiger partial charge on any atom is -0.368 e. The third-order valence-corrected chi connectivity index (χ3v) is 3.50. The van der Waals surface area contributed by atoms with Gasteiger partial charge in [0, 0.05) is 4.47 Å². The fourth-order valence-corrected chi connectivity index (χ4v) is 2.40. The second-order valence-corrected chi connectivity index (χ2v) is 5.03. The van der Waals surface area contributed by atoms with E-state index in [2.05, 4.69) is 22.0 Å². The number of rotatable bonds is 1. The highest BCUT2D eigenvalue weighted by atomic mass is 79.9. The number of hydrogen-bond donors (Lipinski definition) is 2. The van der Waals surface area contributed by atoms with Crippen LogP contribution in [0.4, 0.5) is 0 Å². The van der Waals surface area contributed by atoms with Crippen LogP contribution in [-0.4, -0.2) is 11.4 Å². The second-order valence-electron chi connectivity index (χ2n) is 4.11. The summed E-state index contributed by atoms with van der Waals surface area (Å²) in [6.07, 6.45) is 1.99. The Morgan fingerprint density at radius 2 is 2.13 bits per heavy atom. The summed E-state index contributed by atoms with van der Waals surface area (Å²) in [7, 11) is 0. The van der Waals surface area contributed by atoms with Gasteiger partial charge in [0.05, 0.1) is 5.54 Å². The quantitative estimate of drug-likeness (QED) is 0.802. The Bertz CT molecular complexity index is 419. The van der Waals surface area contributed by atoms with Crippen LogP contribution in [-0.2, 0) is 17.6 Å². The minimum atomic E-state index is -0.860. The van der Waals surface area contributed by atoms with E-state index < -0.39 is 11.4 Å². The lowest BCUT2D eigenvalue weighted by atomic mass is 9.78. The van der Waals surface area contributed by atoms with Gasteiger partial charge < -0.3 is 11.5 Å². The molecule has 3 nitrogen and oxygen atoms in total. The van der Waals surface area contributed by atoms with Crippen LogP contribution in [0.25, 0.3) is 0 Å². The molecular formula is C11H13BrN2O. The van der Waals surface area contributed by atoms with Crippen LogP contribution in [0.3, 0.4) is 0 Å². The molecule has 1 amide bonds. The molecule has 1 aromatic carbocycles. The summed E-state index contributed by atoms with van der Waals surface area (Å²) >= 11 is 3.42. The molecule has 0 bridgehead atoms. The van der Waals surface area contributed by atoms with Gasteiger partial charge in [-0.05, 0) is 42.5 Å². The first kappa shape index (κ1) is 10.6. The number of fused-ring (bicyclic) bond motifs is 1. The van der Waals surface area contributed by atoms with E-state index in [1.807, 2.05) is 12.1 Å². The lowest BCUT2D eigenvalue weighted by Gasteiger charge is -2.31. The molecule has 15 heavy (non-hydrogen) atoms. The number of primary amides is 1. The smallest absolute Gasteiger partial charge is 0.237 e. The summed E-state index contributed by atoms with van der Waals surface area (Å²) < 4.78 is 1.06. The van der Waals surface area contributed by atoms with E-state index in [0.717, 1.165) is 16.5 Å². The third-order valence-electron chi connectivity index (χ3n) is 3.01. The maximum Gasteiger partial charge on any atom is 0.237 e. The molecule has 1 unspecified atom stereocenters. The normalized spacial score (nSPS) is 24.7. The summed E-state index contributed by atoms with van der Waals surface area (Å²) in [6, 6.07) is 6.05. The van der Waals surface area contributed by atoms with Crippen molar-refractivity contribution in [2.75, 3.05) is 0 Å². The van der Waals surface area contributed by atoms with Gasteiger partial charge in [-0.2, -0.15) is 0 Å². The Labute approximate surface area is 97.0 Å². The largest absolute Gasteiger partial charge is 0.368 e. The van der Waals surface area contributed by atoms with Crippen LogP contribution >= 0.6 is 15.9 Å². The maximum absolute atomic E-state index is 11.2. The second kappa shape index (κ2) is 3.61. The topological polar surface area (TPSA) is 69.1 Å². The number of hydrogen-bond acceptors (Lipinski definition) is 2. The standard InChI is InChI=1S/C11H13BrN2O/c12-9-2-1-8-6-11(14,10(13)15)4-3-7(8)5-9/h1-2,5H,3-4,6,14H2,(H2,13,15). The number of nitrogens with two attached hydrogens (primary N) is 2. The van der Waals surface area contributed by atoms with Crippen LogP contribution in [0.15, 0.2) is 22.7 Å². The molecule has 0 fully saturated rings. The summed E-state index contributed by atoms with van der Waals surface area (Å²) in [5.74, 6) is -0.406. The molecule has 2 rings (SSSR count). The van der Waals surface area contributed by atoms with Gasteiger partial charge in [0.2, 0.25) is 5.91 Å². The van der Waals surface area contributed by atoms with Crippen molar-refractivity contribution in [2.24, 2.45) is 11.5 Å². The zero-order chi connectivity index (χ0) is 11.1. The average Bonchev–Trinajstić information content (AvgIpc) is 2.18. The lowest BCUT2D eigenvalue weighted by molar-refractivity contribution is -0.123. The van der Waals surface area contributed by atoms with Gasteiger partial charge >= 0.3 is 0 Å². The van der Waals surface area contributed by atoms with Crippen molar-refractivity contribution >= 4 is 21.8 Å². The highest BCUT2D eigenvalue weighted by Crippen LogP contribution is 2.28. The van der Waals surface area contributed by atoms with E-state index >= 15 is 0 Å². The Kier molecular flexibility index (Phi) is 2.56. The Balaban J connectivity index is 2.35. The highest BCUT2D eigenvalue weighted by molar-refractivity contribution is 9.10. The average molecular weight is 269 g/mol. The number of benzene rings is 1. The van der Waals surface area contributed by atoms with Gasteiger partial charge in [-0.25, -0.2) is 0 Å². The molecular weight excluding hydrogens is 256 g/mol. The monoisotopic (exact) mass is 268 g/mol. The molecule has 4 N–H and O–H groups in total. The zero-order valence-corrected chi connectivity index (χ0v) is 9.88. The van der Waals surface area contributed by atoms with Crippen LogP contribution in [0.1, 0.15) is 17.5 Å². The third kappa shape index (κ3) is 1.92. The predicted molar refractivity (Wildman–Crippen MR) is 62.3 cm³/mol. The molecule has 1 atom stereocenters. The molecule has 80 valence electrons. The summed E-state index contributed by atoms with van der Waals surface area (Å²) in [5.41, 5.74) is 12.8. The molecule has 0 saturated carbocycles. The molecule has 0 aliphatic heterocycles. The van der Waals surface area contributed by atoms with Crippen LogP contribution in [0.2, 0.25) is 0 Å². The van der Waals surface area contributed by atoms with Crippen LogP contribution in [0, 0.1) is 0 Å². The number of aryl methyl sites for hydroxylation is 1. The Hall–Kier alpha value is -0.870. The van der Waals surface area contributed by atoms with Gasteiger partial charge in [0.1, 0.15) is 0 Å². The fourth-order valence-electron chi connectivity index (χ4n) is 2.00. The predicted octanol–water partition coefficient (Wildman–Crippen LogP) is 1.12. The fraction of sp³-hybridized carbons (Fsp3) is 0.364. The molecule has 1 aliphatic carbocycles. The van der Waals surface area contributed by atoms with Gasteiger partial charge in [-0.15, -0.1) is 0 Å². The Morgan fingerprint density at radius 3 is 2.80 bits per heavy atom. The van der Waals surface area contributed by atoms with E-state index in [4.69, 9.17) is 11.5 Å². The summed E-state index contributed by atoms with van der Waals surface area (Å²) in [6.45, 7) is 0. The maximum atomic E-state index is 11.2.